The Kier molecular flexibility index (Phi) is 13.0. The number of hydrogen-bond acceptors (Lipinski definition) is 9. The standard InChI is InChI=1S/C41H43Cl2N5O3S/c1-4-33-26-52-40(47-33)21-46-20-32-15-36(42)39(16-38(32)50-24-30-14-29(17-44)18-45-19-30)51-25-31-9-5-10-34(27(31)2)35-11-6-12-37(41(35)43)49-23-28-8-7-13-48(3)22-28/h5-6,9-12,14-16,18-19,26,28,46H,4,7-8,13,20-25H2,1-3H3. The predicted octanol–water partition coefficient (Wildman–Crippen LogP) is 9.42. The molecule has 2 aromatic heterocycles. The molecule has 6 rings (SSSR count). The van der Waals surface area contributed by atoms with Crippen molar-refractivity contribution >= 4 is 34.5 Å². The van der Waals surface area contributed by atoms with Gasteiger partial charge in [0.25, 0.3) is 0 Å². The molecule has 0 spiro atoms. The first-order valence-corrected chi connectivity index (χ1v) is 19.2. The number of hydrogen-bond donors (Lipinski definition) is 1. The van der Waals surface area contributed by atoms with E-state index in [4.69, 9.17) is 37.4 Å². The van der Waals surface area contributed by atoms with Crippen LogP contribution in [0.2, 0.25) is 10.0 Å². The fourth-order valence-corrected chi connectivity index (χ4v) is 7.75. The SMILES string of the molecule is CCc1csc(CNCc2cc(Cl)c(OCc3cccc(-c4cccc(OCC5CCCN(C)C5)c4Cl)c3C)cc2OCc2cncc(C#N)c2)n1. The first-order chi connectivity index (χ1) is 25.3. The molecule has 11 heteroatoms. The molecule has 1 aliphatic heterocycles. The minimum Gasteiger partial charge on any atom is -0.492 e. The van der Waals surface area contributed by atoms with Gasteiger partial charge < -0.3 is 24.4 Å². The number of thiazole rings is 1. The maximum absolute atomic E-state index is 9.33. The first-order valence-electron chi connectivity index (χ1n) is 17.6. The number of rotatable bonds is 15. The van der Waals surface area contributed by atoms with Crippen molar-refractivity contribution < 1.29 is 14.2 Å². The summed E-state index contributed by atoms with van der Waals surface area (Å²) in [5.41, 5.74) is 7.23. The van der Waals surface area contributed by atoms with Gasteiger partial charge in [0.05, 0.1) is 27.9 Å². The third-order valence-corrected chi connectivity index (χ3v) is 10.8. The summed E-state index contributed by atoms with van der Waals surface area (Å²) < 4.78 is 19.0. The first kappa shape index (κ1) is 37.6. The highest BCUT2D eigenvalue weighted by Crippen LogP contribution is 2.39. The van der Waals surface area contributed by atoms with Gasteiger partial charge >= 0.3 is 0 Å². The molecule has 0 bridgehead atoms. The van der Waals surface area contributed by atoms with Crippen LogP contribution in [0.5, 0.6) is 17.2 Å². The van der Waals surface area contributed by atoms with E-state index >= 15 is 0 Å². The van der Waals surface area contributed by atoms with Gasteiger partial charge in [-0.2, -0.15) is 5.26 Å². The molecule has 8 nitrogen and oxygen atoms in total. The number of ether oxygens (including phenoxy) is 3. The number of halogens is 2. The number of benzene rings is 3. The highest BCUT2D eigenvalue weighted by molar-refractivity contribution is 7.09. The highest BCUT2D eigenvalue weighted by atomic mass is 35.5. The van der Waals surface area contributed by atoms with E-state index in [1.165, 1.54) is 19.0 Å². The van der Waals surface area contributed by atoms with Crippen LogP contribution in [0.25, 0.3) is 11.1 Å². The van der Waals surface area contributed by atoms with Gasteiger partial charge in [0.1, 0.15) is 41.5 Å². The van der Waals surface area contributed by atoms with Crippen LogP contribution in [0.1, 0.15) is 58.3 Å². The van der Waals surface area contributed by atoms with E-state index in [0.29, 0.717) is 58.5 Å². The predicted molar refractivity (Wildman–Crippen MR) is 208 cm³/mol. The summed E-state index contributed by atoms with van der Waals surface area (Å²) in [7, 11) is 2.16. The molecule has 0 saturated carbocycles. The van der Waals surface area contributed by atoms with Crippen molar-refractivity contribution in [3.8, 4) is 34.4 Å². The van der Waals surface area contributed by atoms with Crippen LogP contribution in [0, 0.1) is 24.2 Å². The highest BCUT2D eigenvalue weighted by Gasteiger charge is 2.20. The number of likely N-dealkylation sites (tertiary alicyclic amines) is 1. The molecule has 1 saturated heterocycles. The molecule has 3 aromatic carbocycles. The van der Waals surface area contributed by atoms with Gasteiger partial charge in [-0.15, -0.1) is 11.3 Å². The monoisotopic (exact) mass is 755 g/mol. The minimum atomic E-state index is 0.228. The van der Waals surface area contributed by atoms with Gasteiger partial charge in [0, 0.05) is 66.1 Å². The minimum absolute atomic E-state index is 0.228. The average molecular weight is 757 g/mol. The topological polar surface area (TPSA) is 92.5 Å². The summed E-state index contributed by atoms with van der Waals surface area (Å²) in [6.45, 7) is 8.66. The van der Waals surface area contributed by atoms with Gasteiger partial charge in [-0.25, -0.2) is 4.98 Å². The van der Waals surface area contributed by atoms with Crippen molar-refractivity contribution in [2.24, 2.45) is 5.92 Å². The fraction of sp³-hybridized carbons (Fsp3) is 0.341. The smallest absolute Gasteiger partial charge is 0.142 e. The summed E-state index contributed by atoms with van der Waals surface area (Å²) >= 11 is 15.5. The molecular formula is C41H43Cl2N5O3S. The second kappa shape index (κ2) is 18.0. The van der Waals surface area contributed by atoms with Crippen LogP contribution >= 0.6 is 34.5 Å². The van der Waals surface area contributed by atoms with E-state index < -0.39 is 0 Å². The Labute approximate surface area is 320 Å². The van der Waals surface area contributed by atoms with Gasteiger partial charge in [0.2, 0.25) is 0 Å². The summed E-state index contributed by atoms with van der Waals surface area (Å²) in [4.78, 5) is 11.2. The van der Waals surface area contributed by atoms with Crippen molar-refractivity contribution in [3.63, 3.8) is 0 Å². The summed E-state index contributed by atoms with van der Waals surface area (Å²) in [6, 6.07) is 19.7. The lowest BCUT2D eigenvalue weighted by Crippen LogP contribution is -2.34. The largest absolute Gasteiger partial charge is 0.492 e. The van der Waals surface area contributed by atoms with Crippen LogP contribution in [0.4, 0.5) is 0 Å². The Morgan fingerprint density at radius 1 is 0.962 bits per heavy atom. The van der Waals surface area contributed by atoms with Gasteiger partial charge in [-0.1, -0.05) is 60.5 Å². The van der Waals surface area contributed by atoms with Crippen molar-refractivity contribution in [1.82, 2.24) is 20.2 Å². The third kappa shape index (κ3) is 9.62. The van der Waals surface area contributed by atoms with Crippen LogP contribution in [-0.4, -0.2) is 41.6 Å². The van der Waals surface area contributed by atoms with Crippen molar-refractivity contribution in [2.45, 2.75) is 59.4 Å². The normalized spacial score (nSPS) is 14.6. The molecule has 1 atom stereocenters. The van der Waals surface area contributed by atoms with Crippen molar-refractivity contribution in [1.29, 1.82) is 5.26 Å². The molecule has 1 unspecified atom stereocenters. The Morgan fingerprint density at radius 3 is 2.60 bits per heavy atom. The Hall–Kier alpha value is -4.17. The quantitative estimate of drug-likeness (QED) is 0.113. The molecule has 0 radical (unpaired) electrons. The van der Waals surface area contributed by atoms with E-state index in [2.05, 4.69) is 58.6 Å². The number of pyridine rings is 1. The van der Waals surface area contributed by atoms with Gasteiger partial charge in [0.15, 0.2) is 0 Å². The van der Waals surface area contributed by atoms with Crippen LogP contribution in [-0.2, 0) is 32.7 Å². The second-order valence-electron chi connectivity index (χ2n) is 13.1. The van der Waals surface area contributed by atoms with Crippen molar-refractivity contribution in [3.05, 3.63) is 121 Å². The molecule has 3 heterocycles. The molecule has 270 valence electrons. The maximum atomic E-state index is 9.33. The number of nitrogens with zero attached hydrogens (tertiary/aromatic N) is 4. The van der Waals surface area contributed by atoms with E-state index in [1.807, 2.05) is 42.5 Å². The lowest BCUT2D eigenvalue weighted by molar-refractivity contribution is 0.150. The Morgan fingerprint density at radius 2 is 1.79 bits per heavy atom. The van der Waals surface area contributed by atoms with Gasteiger partial charge in [-0.3, -0.25) is 4.98 Å². The maximum Gasteiger partial charge on any atom is 0.142 e. The number of piperidine rings is 1. The van der Waals surface area contributed by atoms with Crippen LogP contribution < -0.4 is 19.5 Å². The lowest BCUT2D eigenvalue weighted by atomic mass is 9.96. The Balaban J connectivity index is 1.18. The Bertz CT molecular complexity index is 2030. The zero-order valence-corrected chi connectivity index (χ0v) is 32.1. The van der Waals surface area contributed by atoms with E-state index in [0.717, 1.165) is 63.6 Å². The van der Waals surface area contributed by atoms with E-state index in [-0.39, 0.29) is 13.2 Å². The lowest BCUT2D eigenvalue weighted by Gasteiger charge is -2.29. The molecule has 0 amide bonds. The molecule has 0 aliphatic carbocycles. The summed E-state index contributed by atoms with van der Waals surface area (Å²) in [5.74, 6) is 2.32. The number of aryl methyl sites for hydroxylation is 1. The van der Waals surface area contributed by atoms with Crippen molar-refractivity contribution in [2.75, 3.05) is 26.7 Å². The molecule has 1 fully saturated rings. The van der Waals surface area contributed by atoms with Gasteiger partial charge in [-0.05, 0) is 74.7 Å². The third-order valence-electron chi connectivity index (χ3n) is 9.27. The zero-order chi connectivity index (χ0) is 36.5. The van der Waals surface area contributed by atoms with Crippen LogP contribution in [0.3, 0.4) is 0 Å². The molecule has 1 aliphatic rings. The number of aromatic nitrogens is 2. The number of nitriles is 1. The second-order valence-corrected chi connectivity index (χ2v) is 14.9. The fourth-order valence-electron chi connectivity index (χ4n) is 6.38. The number of nitrogens with one attached hydrogen (secondary N) is 1. The molecular weight excluding hydrogens is 713 g/mol. The summed E-state index contributed by atoms with van der Waals surface area (Å²) in [5, 5.41) is 17.0. The molecule has 52 heavy (non-hydrogen) atoms. The molecule has 5 aromatic rings. The molecule has 1 N–H and O–H groups in total. The summed E-state index contributed by atoms with van der Waals surface area (Å²) in [6.07, 6.45) is 6.49. The van der Waals surface area contributed by atoms with E-state index in [1.54, 1.807) is 23.6 Å². The zero-order valence-electron chi connectivity index (χ0n) is 29.8. The average Bonchev–Trinajstić information content (AvgIpc) is 3.62. The van der Waals surface area contributed by atoms with E-state index in [9.17, 15) is 5.26 Å². The van der Waals surface area contributed by atoms with Crippen LogP contribution in [0.15, 0.2) is 72.4 Å².